The summed E-state index contributed by atoms with van der Waals surface area (Å²) < 4.78 is 0. The van der Waals surface area contributed by atoms with Crippen LogP contribution in [0.2, 0.25) is 0 Å². The molecule has 0 aliphatic carbocycles. The second kappa shape index (κ2) is 5.25. The van der Waals surface area contributed by atoms with E-state index in [1.165, 1.54) is 6.20 Å². The van der Waals surface area contributed by atoms with E-state index in [0.717, 1.165) is 18.1 Å². The van der Waals surface area contributed by atoms with Crippen LogP contribution in [-0.4, -0.2) is 21.5 Å². The number of nitrogen functional groups attached to an aromatic ring is 1. The Balaban J connectivity index is 2.17. The summed E-state index contributed by atoms with van der Waals surface area (Å²) >= 11 is 0. The zero-order valence-electron chi connectivity index (χ0n) is 9.74. The van der Waals surface area contributed by atoms with Crippen LogP contribution in [0.4, 0.5) is 11.6 Å². The van der Waals surface area contributed by atoms with Gasteiger partial charge in [-0.2, -0.15) is 0 Å². The maximum Gasteiger partial charge on any atom is 0.149 e. The molecule has 0 saturated heterocycles. The van der Waals surface area contributed by atoms with Crippen molar-refractivity contribution in [1.29, 1.82) is 0 Å². The Morgan fingerprint density at radius 2 is 2.18 bits per heavy atom. The summed E-state index contributed by atoms with van der Waals surface area (Å²) in [6.45, 7) is 3.60. The molecule has 2 N–H and O–H groups in total. The van der Waals surface area contributed by atoms with E-state index in [1.807, 2.05) is 18.2 Å². The molecule has 5 nitrogen and oxygen atoms in total. The van der Waals surface area contributed by atoms with Gasteiger partial charge in [0.15, 0.2) is 0 Å². The van der Waals surface area contributed by atoms with Gasteiger partial charge >= 0.3 is 0 Å². The molecular weight excluding hydrogens is 214 g/mol. The van der Waals surface area contributed by atoms with E-state index in [-0.39, 0.29) is 0 Å². The summed E-state index contributed by atoms with van der Waals surface area (Å²) in [5.74, 6) is 1.21. The molecule has 0 amide bonds. The average Bonchev–Trinajstić information content (AvgIpc) is 2.37. The molecular formula is C12H15N5. The predicted octanol–water partition coefficient (Wildman–Crippen LogP) is 1.48. The van der Waals surface area contributed by atoms with Crippen LogP contribution < -0.4 is 10.6 Å². The van der Waals surface area contributed by atoms with Gasteiger partial charge in [0.2, 0.25) is 0 Å². The molecule has 0 bridgehead atoms. The van der Waals surface area contributed by atoms with Crippen LogP contribution in [0, 0.1) is 0 Å². The molecule has 17 heavy (non-hydrogen) atoms. The predicted molar refractivity (Wildman–Crippen MR) is 67.4 cm³/mol. The molecule has 2 heterocycles. The standard InChI is InChI=1S/C12H15N5/c1-2-17(9-10-5-3-4-6-15-10)12-8-14-7-11(13)16-12/h3-8H,2,9H2,1H3,(H2,13,16). The van der Waals surface area contributed by atoms with Crippen molar-refractivity contribution in [2.24, 2.45) is 0 Å². The highest BCUT2D eigenvalue weighted by Gasteiger charge is 2.07. The first kappa shape index (κ1) is 11.3. The van der Waals surface area contributed by atoms with Crippen molar-refractivity contribution in [2.45, 2.75) is 13.5 Å². The summed E-state index contributed by atoms with van der Waals surface area (Å²) in [6.07, 6.45) is 5.04. The van der Waals surface area contributed by atoms with E-state index in [2.05, 4.69) is 26.8 Å². The highest BCUT2D eigenvalue weighted by molar-refractivity contribution is 5.41. The Morgan fingerprint density at radius 3 is 2.82 bits per heavy atom. The van der Waals surface area contributed by atoms with E-state index in [1.54, 1.807) is 12.4 Å². The van der Waals surface area contributed by atoms with Gasteiger partial charge in [-0.1, -0.05) is 6.07 Å². The van der Waals surface area contributed by atoms with Gasteiger partial charge in [-0.15, -0.1) is 0 Å². The maximum absolute atomic E-state index is 5.63. The van der Waals surface area contributed by atoms with Crippen molar-refractivity contribution in [1.82, 2.24) is 15.0 Å². The van der Waals surface area contributed by atoms with E-state index in [0.29, 0.717) is 12.4 Å². The van der Waals surface area contributed by atoms with Gasteiger partial charge in [-0.3, -0.25) is 9.97 Å². The van der Waals surface area contributed by atoms with Gasteiger partial charge in [-0.25, -0.2) is 4.98 Å². The molecule has 2 aromatic heterocycles. The molecule has 0 unspecified atom stereocenters. The summed E-state index contributed by atoms with van der Waals surface area (Å²) in [7, 11) is 0. The van der Waals surface area contributed by atoms with Crippen LogP contribution in [-0.2, 0) is 6.54 Å². The van der Waals surface area contributed by atoms with Crippen LogP contribution in [0.25, 0.3) is 0 Å². The fraction of sp³-hybridized carbons (Fsp3) is 0.250. The highest BCUT2D eigenvalue weighted by atomic mass is 15.2. The SMILES string of the molecule is CCN(Cc1ccccn1)c1cncc(N)n1. The summed E-state index contributed by atoms with van der Waals surface area (Å²) in [5.41, 5.74) is 6.63. The van der Waals surface area contributed by atoms with Crippen LogP contribution in [0.3, 0.4) is 0 Å². The Morgan fingerprint density at radius 1 is 1.29 bits per heavy atom. The number of pyridine rings is 1. The van der Waals surface area contributed by atoms with Crippen molar-refractivity contribution in [3.05, 3.63) is 42.5 Å². The lowest BCUT2D eigenvalue weighted by Crippen LogP contribution is -2.24. The molecule has 0 spiro atoms. The second-order valence-corrected chi connectivity index (χ2v) is 3.64. The fourth-order valence-electron chi connectivity index (χ4n) is 1.56. The zero-order valence-corrected chi connectivity index (χ0v) is 9.74. The number of aromatic nitrogens is 3. The maximum atomic E-state index is 5.63. The lowest BCUT2D eigenvalue weighted by atomic mass is 10.3. The Labute approximate surface area is 100 Å². The molecule has 0 atom stereocenters. The third-order valence-corrected chi connectivity index (χ3v) is 2.43. The minimum Gasteiger partial charge on any atom is -0.382 e. The Hall–Kier alpha value is -2.17. The number of rotatable bonds is 4. The third kappa shape index (κ3) is 2.90. The molecule has 88 valence electrons. The molecule has 2 aromatic rings. The van der Waals surface area contributed by atoms with E-state index in [9.17, 15) is 0 Å². The molecule has 0 radical (unpaired) electrons. The lowest BCUT2D eigenvalue weighted by molar-refractivity contribution is 0.791. The topological polar surface area (TPSA) is 67.9 Å². The number of nitrogens with zero attached hydrogens (tertiary/aromatic N) is 4. The fourth-order valence-corrected chi connectivity index (χ4v) is 1.56. The van der Waals surface area contributed by atoms with E-state index >= 15 is 0 Å². The van der Waals surface area contributed by atoms with E-state index < -0.39 is 0 Å². The molecule has 0 aromatic carbocycles. The largest absolute Gasteiger partial charge is 0.382 e. The van der Waals surface area contributed by atoms with Crippen LogP contribution >= 0.6 is 0 Å². The molecule has 0 fully saturated rings. The number of anilines is 2. The van der Waals surface area contributed by atoms with Crippen LogP contribution in [0.1, 0.15) is 12.6 Å². The molecule has 5 heteroatoms. The first-order valence-electron chi connectivity index (χ1n) is 5.52. The Kier molecular flexibility index (Phi) is 3.49. The smallest absolute Gasteiger partial charge is 0.149 e. The summed E-state index contributed by atoms with van der Waals surface area (Å²) in [6, 6.07) is 5.86. The second-order valence-electron chi connectivity index (χ2n) is 3.64. The number of hydrogen-bond acceptors (Lipinski definition) is 5. The molecule has 0 saturated carbocycles. The van der Waals surface area contributed by atoms with Crippen molar-refractivity contribution in [3.8, 4) is 0 Å². The van der Waals surface area contributed by atoms with Gasteiger partial charge in [0.1, 0.15) is 11.6 Å². The zero-order chi connectivity index (χ0) is 12.1. The van der Waals surface area contributed by atoms with Crippen molar-refractivity contribution in [2.75, 3.05) is 17.2 Å². The van der Waals surface area contributed by atoms with Gasteiger partial charge < -0.3 is 10.6 Å². The number of nitrogens with two attached hydrogens (primary N) is 1. The van der Waals surface area contributed by atoms with Gasteiger partial charge in [-0.05, 0) is 19.1 Å². The Bertz CT molecular complexity index is 471. The first-order valence-corrected chi connectivity index (χ1v) is 5.52. The quantitative estimate of drug-likeness (QED) is 0.860. The lowest BCUT2D eigenvalue weighted by Gasteiger charge is -2.21. The third-order valence-electron chi connectivity index (χ3n) is 2.43. The molecule has 2 rings (SSSR count). The summed E-state index contributed by atoms with van der Waals surface area (Å²) in [5, 5.41) is 0. The van der Waals surface area contributed by atoms with Crippen molar-refractivity contribution in [3.63, 3.8) is 0 Å². The van der Waals surface area contributed by atoms with Crippen molar-refractivity contribution >= 4 is 11.6 Å². The first-order chi connectivity index (χ1) is 8.29. The summed E-state index contributed by atoms with van der Waals surface area (Å²) in [4.78, 5) is 14.7. The monoisotopic (exact) mass is 229 g/mol. The van der Waals surface area contributed by atoms with Gasteiger partial charge in [0.25, 0.3) is 0 Å². The minimum atomic E-state index is 0.432. The minimum absolute atomic E-state index is 0.432. The van der Waals surface area contributed by atoms with Crippen LogP contribution in [0.15, 0.2) is 36.8 Å². The van der Waals surface area contributed by atoms with Gasteiger partial charge in [0, 0.05) is 12.7 Å². The van der Waals surface area contributed by atoms with Crippen LogP contribution in [0.5, 0.6) is 0 Å². The molecule has 0 aliphatic heterocycles. The highest BCUT2D eigenvalue weighted by Crippen LogP contribution is 2.13. The molecule has 0 aliphatic rings. The average molecular weight is 229 g/mol. The van der Waals surface area contributed by atoms with Crippen molar-refractivity contribution < 1.29 is 0 Å². The normalized spacial score (nSPS) is 10.2. The van der Waals surface area contributed by atoms with Gasteiger partial charge in [0.05, 0.1) is 24.6 Å². The number of hydrogen-bond donors (Lipinski definition) is 1. The van der Waals surface area contributed by atoms with E-state index in [4.69, 9.17) is 5.73 Å².